The molecule has 120 valence electrons. The van der Waals surface area contributed by atoms with Crippen LogP contribution in [-0.2, 0) is 0 Å². The SMILES string of the molecule is C=C(C)CN(CC)C(=O)c1sccc1NC(=O)c1ccncc1. The van der Waals surface area contributed by atoms with E-state index in [4.69, 9.17) is 0 Å². The van der Waals surface area contributed by atoms with E-state index in [0.717, 1.165) is 5.57 Å². The van der Waals surface area contributed by atoms with Crippen LogP contribution in [0.15, 0.2) is 48.1 Å². The number of amides is 2. The molecule has 2 aromatic heterocycles. The summed E-state index contributed by atoms with van der Waals surface area (Å²) in [6.07, 6.45) is 3.11. The summed E-state index contributed by atoms with van der Waals surface area (Å²) >= 11 is 1.32. The zero-order valence-electron chi connectivity index (χ0n) is 13.2. The summed E-state index contributed by atoms with van der Waals surface area (Å²) in [6.45, 7) is 8.75. The fourth-order valence-corrected chi connectivity index (χ4v) is 2.88. The van der Waals surface area contributed by atoms with E-state index in [2.05, 4.69) is 16.9 Å². The minimum absolute atomic E-state index is 0.101. The lowest BCUT2D eigenvalue weighted by molar-refractivity contribution is 0.0784. The number of anilines is 1. The monoisotopic (exact) mass is 329 g/mol. The summed E-state index contributed by atoms with van der Waals surface area (Å²) in [5, 5.41) is 4.59. The third kappa shape index (κ3) is 4.26. The molecule has 0 saturated carbocycles. The third-order valence-corrected chi connectivity index (χ3v) is 4.08. The Kier molecular flexibility index (Phi) is 5.65. The van der Waals surface area contributed by atoms with Gasteiger partial charge in [0.15, 0.2) is 0 Å². The van der Waals surface area contributed by atoms with Gasteiger partial charge in [0.05, 0.1) is 5.69 Å². The van der Waals surface area contributed by atoms with Gasteiger partial charge in [-0.2, -0.15) is 0 Å². The van der Waals surface area contributed by atoms with Crippen molar-refractivity contribution in [2.24, 2.45) is 0 Å². The van der Waals surface area contributed by atoms with Crippen molar-refractivity contribution in [3.63, 3.8) is 0 Å². The molecule has 0 aromatic carbocycles. The largest absolute Gasteiger partial charge is 0.334 e. The average Bonchev–Trinajstić information content (AvgIpc) is 3.00. The highest BCUT2D eigenvalue weighted by atomic mass is 32.1. The highest BCUT2D eigenvalue weighted by molar-refractivity contribution is 7.12. The predicted molar refractivity (Wildman–Crippen MR) is 92.9 cm³/mol. The maximum atomic E-state index is 12.6. The Morgan fingerprint density at radius 1 is 1.30 bits per heavy atom. The van der Waals surface area contributed by atoms with Gasteiger partial charge in [-0.1, -0.05) is 12.2 Å². The number of nitrogens with one attached hydrogen (secondary N) is 1. The highest BCUT2D eigenvalue weighted by Crippen LogP contribution is 2.25. The molecule has 0 atom stereocenters. The topological polar surface area (TPSA) is 62.3 Å². The number of carbonyl (C=O) groups is 2. The summed E-state index contributed by atoms with van der Waals surface area (Å²) in [5.74, 6) is -0.363. The first-order chi connectivity index (χ1) is 11.0. The summed E-state index contributed by atoms with van der Waals surface area (Å²) < 4.78 is 0. The van der Waals surface area contributed by atoms with Gasteiger partial charge in [0.25, 0.3) is 11.8 Å². The highest BCUT2D eigenvalue weighted by Gasteiger charge is 2.20. The second kappa shape index (κ2) is 7.69. The van der Waals surface area contributed by atoms with Crippen LogP contribution in [0, 0.1) is 0 Å². The molecular weight excluding hydrogens is 310 g/mol. The molecule has 2 heterocycles. The summed E-state index contributed by atoms with van der Waals surface area (Å²) in [7, 11) is 0. The number of carbonyl (C=O) groups excluding carboxylic acids is 2. The van der Waals surface area contributed by atoms with Crippen LogP contribution in [0.5, 0.6) is 0 Å². The summed E-state index contributed by atoms with van der Waals surface area (Å²) in [6, 6.07) is 5.00. The quantitative estimate of drug-likeness (QED) is 0.826. The number of hydrogen-bond donors (Lipinski definition) is 1. The second-order valence-electron chi connectivity index (χ2n) is 5.13. The maximum absolute atomic E-state index is 12.6. The Labute approximate surface area is 139 Å². The van der Waals surface area contributed by atoms with Gasteiger partial charge in [0, 0.05) is 31.0 Å². The number of aromatic nitrogens is 1. The fourth-order valence-electron chi connectivity index (χ4n) is 2.07. The number of hydrogen-bond acceptors (Lipinski definition) is 4. The van der Waals surface area contributed by atoms with Gasteiger partial charge in [-0.3, -0.25) is 14.6 Å². The van der Waals surface area contributed by atoms with Crippen LogP contribution >= 0.6 is 11.3 Å². The average molecular weight is 329 g/mol. The zero-order chi connectivity index (χ0) is 16.8. The number of thiophene rings is 1. The molecule has 5 nitrogen and oxygen atoms in total. The molecule has 0 radical (unpaired) electrons. The van der Waals surface area contributed by atoms with Gasteiger partial charge < -0.3 is 10.2 Å². The lowest BCUT2D eigenvalue weighted by Crippen LogP contribution is -2.32. The van der Waals surface area contributed by atoms with Crippen molar-refractivity contribution < 1.29 is 9.59 Å². The normalized spacial score (nSPS) is 10.2. The van der Waals surface area contributed by atoms with Crippen LogP contribution in [-0.4, -0.2) is 34.8 Å². The molecule has 1 N–H and O–H groups in total. The molecular formula is C17H19N3O2S. The van der Waals surface area contributed by atoms with Crippen LogP contribution in [0.1, 0.15) is 33.9 Å². The predicted octanol–water partition coefficient (Wildman–Crippen LogP) is 3.43. The fraction of sp³-hybridized carbons (Fsp3) is 0.235. The zero-order valence-corrected chi connectivity index (χ0v) is 14.0. The van der Waals surface area contributed by atoms with E-state index >= 15 is 0 Å². The molecule has 6 heteroatoms. The number of rotatable bonds is 6. The Balaban J connectivity index is 2.17. The molecule has 0 aliphatic heterocycles. The van der Waals surface area contributed by atoms with E-state index in [1.54, 1.807) is 40.9 Å². The molecule has 2 rings (SSSR count). The van der Waals surface area contributed by atoms with Gasteiger partial charge in [0.2, 0.25) is 0 Å². The molecule has 0 unspecified atom stereocenters. The van der Waals surface area contributed by atoms with Gasteiger partial charge in [0.1, 0.15) is 4.88 Å². The molecule has 0 saturated heterocycles. The van der Waals surface area contributed by atoms with Crippen molar-refractivity contribution in [3.05, 3.63) is 58.6 Å². The molecule has 0 fully saturated rings. The molecule has 2 aromatic rings. The van der Waals surface area contributed by atoms with Crippen molar-refractivity contribution in [1.82, 2.24) is 9.88 Å². The van der Waals surface area contributed by atoms with E-state index in [1.807, 2.05) is 13.8 Å². The van der Waals surface area contributed by atoms with Gasteiger partial charge in [-0.25, -0.2) is 0 Å². The standard InChI is InChI=1S/C17H19N3O2S/c1-4-20(11-12(2)3)17(22)15-14(7-10-23-15)19-16(21)13-5-8-18-9-6-13/h5-10H,2,4,11H2,1,3H3,(H,19,21). The lowest BCUT2D eigenvalue weighted by atomic mass is 10.2. The maximum Gasteiger partial charge on any atom is 0.266 e. The van der Waals surface area contributed by atoms with E-state index in [9.17, 15) is 9.59 Å². The first-order valence-electron chi connectivity index (χ1n) is 7.25. The van der Waals surface area contributed by atoms with Crippen LogP contribution in [0.3, 0.4) is 0 Å². The Bertz CT molecular complexity index is 710. The Morgan fingerprint density at radius 3 is 2.61 bits per heavy atom. The van der Waals surface area contributed by atoms with Crippen LogP contribution in [0.2, 0.25) is 0 Å². The van der Waals surface area contributed by atoms with Crippen molar-refractivity contribution in [3.8, 4) is 0 Å². The molecule has 0 spiro atoms. The molecule has 0 bridgehead atoms. The van der Waals surface area contributed by atoms with Crippen LogP contribution < -0.4 is 5.32 Å². The van der Waals surface area contributed by atoms with Crippen molar-refractivity contribution >= 4 is 28.8 Å². The van der Waals surface area contributed by atoms with Crippen LogP contribution in [0.25, 0.3) is 0 Å². The molecule has 0 aliphatic rings. The minimum Gasteiger partial charge on any atom is -0.334 e. The summed E-state index contributed by atoms with van der Waals surface area (Å²) in [4.78, 5) is 31.0. The summed E-state index contributed by atoms with van der Waals surface area (Å²) in [5.41, 5.74) is 1.94. The van der Waals surface area contributed by atoms with Gasteiger partial charge >= 0.3 is 0 Å². The molecule has 2 amide bonds. The number of likely N-dealkylation sites (N-methyl/N-ethyl adjacent to an activating group) is 1. The third-order valence-electron chi connectivity index (χ3n) is 3.18. The first-order valence-corrected chi connectivity index (χ1v) is 8.13. The Hall–Kier alpha value is -2.47. The van der Waals surface area contributed by atoms with Gasteiger partial charge in [-0.15, -0.1) is 11.3 Å². The number of nitrogens with zero attached hydrogens (tertiary/aromatic N) is 2. The lowest BCUT2D eigenvalue weighted by Gasteiger charge is -2.21. The smallest absolute Gasteiger partial charge is 0.266 e. The second-order valence-corrected chi connectivity index (χ2v) is 6.05. The minimum atomic E-state index is -0.261. The Morgan fingerprint density at radius 2 is 2.00 bits per heavy atom. The first kappa shape index (κ1) is 16.9. The van der Waals surface area contributed by atoms with Crippen molar-refractivity contribution in [2.45, 2.75) is 13.8 Å². The van der Waals surface area contributed by atoms with Crippen LogP contribution in [0.4, 0.5) is 5.69 Å². The molecule has 23 heavy (non-hydrogen) atoms. The molecule has 0 aliphatic carbocycles. The van der Waals surface area contributed by atoms with Crippen molar-refractivity contribution in [2.75, 3.05) is 18.4 Å². The van der Waals surface area contributed by atoms with Crippen molar-refractivity contribution in [1.29, 1.82) is 0 Å². The van der Waals surface area contributed by atoms with E-state index in [-0.39, 0.29) is 11.8 Å². The van der Waals surface area contributed by atoms with E-state index < -0.39 is 0 Å². The number of pyridine rings is 1. The van der Waals surface area contributed by atoms with Gasteiger partial charge in [-0.05, 0) is 37.4 Å². The van der Waals surface area contributed by atoms with E-state index in [0.29, 0.717) is 29.2 Å². The van der Waals surface area contributed by atoms with E-state index in [1.165, 1.54) is 11.3 Å².